The lowest BCUT2D eigenvalue weighted by atomic mass is 10.2. The fourth-order valence-electron chi connectivity index (χ4n) is 2.34. The Morgan fingerprint density at radius 3 is 2.57 bits per heavy atom. The Labute approximate surface area is 133 Å². The molecule has 9 heteroatoms. The maximum atomic E-state index is 11.9. The summed E-state index contributed by atoms with van der Waals surface area (Å²) in [4.78, 5) is 11.8. The highest BCUT2D eigenvalue weighted by Gasteiger charge is 2.28. The van der Waals surface area contributed by atoms with Gasteiger partial charge in [0.05, 0.1) is 11.4 Å². The first-order valence-electron chi connectivity index (χ1n) is 7.06. The van der Waals surface area contributed by atoms with Gasteiger partial charge < -0.3 is 9.84 Å². The number of anilines is 3. The zero-order valence-electron chi connectivity index (χ0n) is 12.4. The van der Waals surface area contributed by atoms with Crippen molar-refractivity contribution in [3.05, 3.63) is 36.1 Å². The maximum Gasteiger partial charge on any atom is 0.324 e. The number of hydrogen-bond donors (Lipinski definition) is 2. The van der Waals surface area contributed by atoms with Crippen LogP contribution in [0.4, 0.5) is 22.0 Å². The fraction of sp³-hybridized carbons (Fsp3) is 0.286. The lowest BCUT2D eigenvalue weighted by molar-refractivity contribution is 0.262. The molecule has 1 aromatic carbocycles. The topological polar surface area (TPSA) is 105 Å². The van der Waals surface area contributed by atoms with Gasteiger partial charge in [0, 0.05) is 18.3 Å². The first kappa shape index (κ1) is 15.3. The molecule has 2 heterocycles. The lowest BCUT2D eigenvalue weighted by Crippen LogP contribution is -2.25. The quantitative estimate of drug-likeness (QED) is 0.894. The molecule has 0 radical (unpaired) electrons. The van der Waals surface area contributed by atoms with E-state index in [9.17, 15) is 13.2 Å². The van der Waals surface area contributed by atoms with Crippen molar-refractivity contribution in [3.8, 4) is 0 Å². The number of urea groups is 1. The Balaban J connectivity index is 1.64. The second-order valence-electron chi connectivity index (χ2n) is 5.19. The van der Waals surface area contributed by atoms with E-state index in [4.69, 9.17) is 4.52 Å². The number of rotatable bonds is 3. The monoisotopic (exact) mass is 336 g/mol. The minimum atomic E-state index is -3.20. The lowest BCUT2D eigenvalue weighted by Gasteiger charge is -2.17. The Morgan fingerprint density at radius 2 is 2.00 bits per heavy atom. The Kier molecular flexibility index (Phi) is 3.95. The van der Waals surface area contributed by atoms with E-state index < -0.39 is 16.1 Å². The molecule has 1 aliphatic heterocycles. The SMILES string of the molecule is Cc1cc(NC(=O)Nc2ccc(N3CCCS3(=O)=O)cc2)no1. The van der Waals surface area contributed by atoms with Crippen LogP contribution in [0.25, 0.3) is 0 Å². The molecule has 0 saturated carbocycles. The van der Waals surface area contributed by atoms with E-state index in [1.54, 1.807) is 37.3 Å². The standard InChI is InChI=1S/C14H16N4O4S/c1-10-9-13(17-22-10)16-14(19)15-11-3-5-12(6-4-11)18-7-2-8-23(18,20)21/h3-6,9H,2,7-8H2,1H3,(H2,15,16,17,19). The highest BCUT2D eigenvalue weighted by Crippen LogP contribution is 2.25. The molecule has 1 saturated heterocycles. The molecular formula is C14H16N4O4S. The van der Waals surface area contributed by atoms with Crippen LogP contribution in [0.5, 0.6) is 0 Å². The third-order valence-electron chi connectivity index (χ3n) is 3.38. The minimum Gasteiger partial charge on any atom is -0.360 e. The predicted molar refractivity (Wildman–Crippen MR) is 86.1 cm³/mol. The molecule has 1 aromatic heterocycles. The fourth-order valence-corrected chi connectivity index (χ4v) is 3.91. The van der Waals surface area contributed by atoms with Gasteiger partial charge >= 0.3 is 6.03 Å². The van der Waals surface area contributed by atoms with Crippen LogP contribution in [-0.2, 0) is 10.0 Å². The van der Waals surface area contributed by atoms with Crippen LogP contribution >= 0.6 is 0 Å². The number of amides is 2. The van der Waals surface area contributed by atoms with Crippen LogP contribution < -0.4 is 14.9 Å². The van der Waals surface area contributed by atoms with Gasteiger partial charge in [0.1, 0.15) is 5.76 Å². The minimum absolute atomic E-state index is 0.173. The summed E-state index contributed by atoms with van der Waals surface area (Å²) < 4.78 is 30.0. The molecule has 1 aliphatic rings. The molecule has 0 spiro atoms. The summed E-state index contributed by atoms with van der Waals surface area (Å²) in [5, 5.41) is 8.83. The predicted octanol–water partition coefficient (Wildman–Crippen LogP) is 2.17. The molecule has 8 nitrogen and oxygen atoms in total. The number of carbonyl (C=O) groups excluding carboxylic acids is 1. The maximum absolute atomic E-state index is 11.9. The van der Waals surface area contributed by atoms with E-state index >= 15 is 0 Å². The van der Waals surface area contributed by atoms with Crippen molar-refractivity contribution in [2.24, 2.45) is 0 Å². The second-order valence-corrected chi connectivity index (χ2v) is 7.20. The van der Waals surface area contributed by atoms with Crippen LogP contribution in [0, 0.1) is 6.92 Å². The molecule has 0 bridgehead atoms. The van der Waals surface area contributed by atoms with Gasteiger partial charge in [-0.25, -0.2) is 13.2 Å². The summed E-state index contributed by atoms with van der Waals surface area (Å²) in [5.74, 6) is 1.09. The number of nitrogens with one attached hydrogen (secondary N) is 2. The molecular weight excluding hydrogens is 320 g/mol. The average molecular weight is 336 g/mol. The molecule has 2 aromatic rings. The second kappa shape index (κ2) is 5.92. The zero-order chi connectivity index (χ0) is 16.4. The Hall–Kier alpha value is -2.55. The van der Waals surface area contributed by atoms with Gasteiger partial charge in [0.15, 0.2) is 5.82 Å². The number of nitrogens with zero attached hydrogens (tertiary/aromatic N) is 2. The summed E-state index contributed by atoms with van der Waals surface area (Å²) in [6.45, 7) is 2.21. The van der Waals surface area contributed by atoms with Crippen molar-refractivity contribution in [3.63, 3.8) is 0 Å². The highest BCUT2D eigenvalue weighted by atomic mass is 32.2. The van der Waals surface area contributed by atoms with Crippen molar-refractivity contribution in [2.75, 3.05) is 27.2 Å². The van der Waals surface area contributed by atoms with Gasteiger partial charge in [0.2, 0.25) is 10.0 Å². The first-order chi connectivity index (χ1) is 10.9. The number of aryl methyl sites for hydroxylation is 1. The third kappa shape index (κ3) is 3.45. The van der Waals surface area contributed by atoms with Gasteiger partial charge in [-0.15, -0.1) is 0 Å². The third-order valence-corrected chi connectivity index (χ3v) is 5.25. The molecule has 2 amide bonds. The van der Waals surface area contributed by atoms with E-state index in [0.29, 0.717) is 35.9 Å². The van der Waals surface area contributed by atoms with Crippen molar-refractivity contribution < 1.29 is 17.7 Å². The van der Waals surface area contributed by atoms with Gasteiger partial charge in [-0.3, -0.25) is 9.62 Å². The Morgan fingerprint density at radius 1 is 1.26 bits per heavy atom. The summed E-state index contributed by atoms with van der Waals surface area (Å²) >= 11 is 0. The zero-order valence-corrected chi connectivity index (χ0v) is 13.3. The average Bonchev–Trinajstić information content (AvgIpc) is 3.05. The summed E-state index contributed by atoms with van der Waals surface area (Å²) in [5.41, 5.74) is 1.14. The normalized spacial score (nSPS) is 16.3. The molecule has 122 valence electrons. The van der Waals surface area contributed by atoms with Crippen molar-refractivity contribution in [1.82, 2.24) is 5.16 Å². The van der Waals surface area contributed by atoms with Crippen molar-refractivity contribution in [1.29, 1.82) is 0 Å². The number of benzene rings is 1. The molecule has 2 N–H and O–H groups in total. The van der Waals surface area contributed by atoms with Gasteiger partial charge in [-0.1, -0.05) is 5.16 Å². The van der Waals surface area contributed by atoms with Gasteiger partial charge in [-0.05, 0) is 37.6 Å². The van der Waals surface area contributed by atoms with Crippen LogP contribution in [0.2, 0.25) is 0 Å². The molecule has 0 unspecified atom stereocenters. The smallest absolute Gasteiger partial charge is 0.324 e. The summed E-state index contributed by atoms with van der Waals surface area (Å²) in [6.07, 6.45) is 0.627. The van der Waals surface area contributed by atoms with E-state index in [-0.39, 0.29) is 5.75 Å². The number of aromatic nitrogens is 1. The van der Waals surface area contributed by atoms with Crippen molar-refractivity contribution >= 4 is 33.2 Å². The Bertz CT molecular complexity index is 814. The van der Waals surface area contributed by atoms with Crippen LogP contribution in [0.15, 0.2) is 34.9 Å². The molecule has 0 aliphatic carbocycles. The number of hydrogen-bond acceptors (Lipinski definition) is 5. The molecule has 23 heavy (non-hydrogen) atoms. The van der Waals surface area contributed by atoms with E-state index in [1.165, 1.54) is 4.31 Å². The van der Waals surface area contributed by atoms with Gasteiger partial charge in [-0.2, -0.15) is 0 Å². The van der Waals surface area contributed by atoms with E-state index in [2.05, 4.69) is 15.8 Å². The van der Waals surface area contributed by atoms with Crippen LogP contribution in [-0.4, -0.2) is 31.9 Å². The first-order valence-corrected chi connectivity index (χ1v) is 8.67. The van der Waals surface area contributed by atoms with E-state index in [0.717, 1.165) is 0 Å². The van der Waals surface area contributed by atoms with E-state index in [1.807, 2.05) is 0 Å². The molecule has 0 atom stereocenters. The molecule has 3 rings (SSSR count). The summed E-state index contributed by atoms with van der Waals surface area (Å²) in [7, 11) is -3.20. The highest BCUT2D eigenvalue weighted by molar-refractivity contribution is 7.93. The van der Waals surface area contributed by atoms with Crippen LogP contribution in [0.3, 0.4) is 0 Å². The summed E-state index contributed by atoms with van der Waals surface area (Å²) in [6, 6.07) is 7.77. The largest absolute Gasteiger partial charge is 0.360 e. The van der Waals surface area contributed by atoms with Crippen molar-refractivity contribution in [2.45, 2.75) is 13.3 Å². The molecule has 1 fully saturated rings. The van der Waals surface area contributed by atoms with Gasteiger partial charge in [0.25, 0.3) is 0 Å². The number of carbonyl (C=O) groups is 1. The number of sulfonamides is 1. The van der Waals surface area contributed by atoms with Crippen LogP contribution in [0.1, 0.15) is 12.2 Å².